The monoisotopic (exact) mass is 349 g/mol. The molecular weight excluding hydrogens is 338 g/mol. The summed E-state index contributed by atoms with van der Waals surface area (Å²) >= 11 is 5.82. The van der Waals surface area contributed by atoms with Crippen molar-refractivity contribution in [2.45, 2.75) is 13.5 Å². The van der Waals surface area contributed by atoms with E-state index >= 15 is 0 Å². The number of ether oxygens (including phenoxy) is 2. The summed E-state index contributed by atoms with van der Waals surface area (Å²) in [6.07, 6.45) is 0. The molecule has 3 aromatic rings. The van der Waals surface area contributed by atoms with Gasteiger partial charge >= 0.3 is 5.97 Å². The largest absolute Gasteiger partial charge is 0.463 e. The van der Waals surface area contributed by atoms with Crippen LogP contribution in [0.15, 0.2) is 39.4 Å². The van der Waals surface area contributed by atoms with Gasteiger partial charge in [-0.25, -0.2) is 4.79 Å². The van der Waals surface area contributed by atoms with Gasteiger partial charge in [0, 0.05) is 16.7 Å². The maximum atomic E-state index is 11.6. The SMILES string of the molecule is Cc1cc(OCC(=O)OCc2nc(-c3ccc(Cl)cc3)no2)no1. The second kappa shape index (κ2) is 7.14. The van der Waals surface area contributed by atoms with Crippen molar-refractivity contribution in [2.24, 2.45) is 0 Å². The maximum Gasteiger partial charge on any atom is 0.344 e. The molecule has 0 saturated heterocycles. The van der Waals surface area contributed by atoms with Crippen molar-refractivity contribution in [3.05, 3.63) is 47.0 Å². The van der Waals surface area contributed by atoms with Gasteiger partial charge in [0.25, 0.3) is 11.8 Å². The molecule has 0 aliphatic carbocycles. The minimum Gasteiger partial charge on any atom is -0.463 e. The molecule has 124 valence electrons. The average Bonchev–Trinajstić information content (AvgIpc) is 3.21. The van der Waals surface area contributed by atoms with Gasteiger partial charge < -0.3 is 18.5 Å². The van der Waals surface area contributed by atoms with Crippen LogP contribution in [0.4, 0.5) is 0 Å². The summed E-state index contributed by atoms with van der Waals surface area (Å²) in [4.78, 5) is 15.7. The third-order valence-corrected chi connectivity index (χ3v) is 3.12. The van der Waals surface area contributed by atoms with Crippen molar-refractivity contribution >= 4 is 17.6 Å². The second-order valence-corrected chi connectivity index (χ2v) is 5.18. The average molecular weight is 350 g/mol. The van der Waals surface area contributed by atoms with Crippen LogP contribution in [0.2, 0.25) is 5.02 Å². The van der Waals surface area contributed by atoms with E-state index in [1.165, 1.54) is 0 Å². The lowest BCUT2D eigenvalue weighted by atomic mass is 10.2. The zero-order chi connectivity index (χ0) is 16.9. The zero-order valence-corrected chi connectivity index (χ0v) is 13.3. The summed E-state index contributed by atoms with van der Waals surface area (Å²) in [5.74, 6) is 0.755. The van der Waals surface area contributed by atoms with Crippen LogP contribution in [0.1, 0.15) is 11.7 Å². The quantitative estimate of drug-likeness (QED) is 0.626. The molecule has 0 aliphatic rings. The molecule has 1 aromatic carbocycles. The van der Waals surface area contributed by atoms with E-state index in [4.69, 9.17) is 30.1 Å². The molecule has 0 saturated carbocycles. The van der Waals surface area contributed by atoms with E-state index in [9.17, 15) is 4.79 Å². The van der Waals surface area contributed by atoms with Crippen LogP contribution < -0.4 is 4.74 Å². The Morgan fingerprint density at radius 2 is 2.00 bits per heavy atom. The first-order valence-corrected chi connectivity index (χ1v) is 7.28. The molecular formula is C15H12ClN3O5. The van der Waals surface area contributed by atoms with Crippen molar-refractivity contribution in [3.63, 3.8) is 0 Å². The molecule has 0 amide bonds. The fraction of sp³-hybridized carbons (Fsp3) is 0.200. The number of benzene rings is 1. The summed E-state index contributed by atoms with van der Waals surface area (Å²) in [7, 11) is 0. The highest BCUT2D eigenvalue weighted by molar-refractivity contribution is 6.30. The minimum atomic E-state index is -0.595. The molecule has 8 nitrogen and oxygen atoms in total. The van der Waals surface area contributed by atoms with Crippen LogP contribution in [-0.2, 0) is 16.1 Å². The smallest absolute Gasteiger partial charge is 0.344 e. The lowest BCUT2D eigenvalue weighted by Crippen LogP contribution is -2.14. The number of carbonyl (C=O) groups excluding carboxylic acids is 1. The second-order valence-electron chi connectivity index (χ2n) is 4.74. The first-order chi connectivity index (χ1) is 11.6. The number of hydrogen-bond donors (Lipinski definition) is 0. The van der Waals surface area contributed by atoms with Crippen molar-refractivity contribution in [1.29, 1.82) is 0 Å². The first kappa shape index (κ1) is 16.0. The molecule has 0 aliphatic heterocycles. The molecule has 0 N–H and O–H groups in total. The number of aryl methyl sites for hydroxylation is 1. The van der Waals surface area contributed by atoms with Gasteiger partial charge in [0.05, 0.1) is 0 Å². The van der Waals surface area contributed by atoms with Crippen LogP contribution in [-0.4, -0.2) is 27.9 Å². The van der Waals surface area contributed by atoms with E-state index in [-0.39, 0.29) is 25.0 Å². The lowest BCUT2D eigenvalue weighted by Gasteiger charge is -2.01. The highest BCUT2D eigenvalue weighted by atomic mass is 35.5. The van der Waals surface area contributed by atoms with Crippen LogP contribution >= 0.6 is 11.6 Å². The Hall–Kier alpha value is -2.87. The maximum absolute atomic E-state index is 11.6. The molecule has 2 aromatic heterocycles. The number of halogens is 1. The summed E-state index contributed by atoms with van der Waals surface area (Å²) in [5.41, 5.74) is 0.741. The van der Waals surface area contributed by atoms with Gasteiger partial charge in [-0.3, -0.25) is 0 Å². The number of rotatable bonds is 6. The molecule has 0 spiro atoms. The molecule has 0 bridgehead atoms. The molecule has 9 heteroatoms. The van der Waals surface area contributed by atoms with E-state index in [2.05, 4.69) is 15.3 Å². The molecule has 0 radical (unpaired) electrons. The highest BCUT2D eigenvalue weighted by Crippen LogP contribution is 2.18. The van der Waals surface area contributed by atoms with Crippen LogP contribution in [0, 0.1) is 6.92 Å². The molecule has 3 rings (SSSR count). The molecule has 2 heterocycles. The lowest BCUT2D eigenvalue weighted by molar-refractivity contribution is -0.148. The van der Waals surface area contributed by atoms with Crippen molar-refractivity contribution in [3.8, 4) is 17.3 Å². The predicted molar refractivity (Wildman–Crippen MR) is 81.3 cm³/mol. The Morgan fingerprint density at radius 3 is 2.71 bits per heavy atom. The fourth-order valence-corrected chi connectivity index (χ4v) is 1.88. The molecule has 24 heavy (non-hydrogen) atoms. The van der Waals surface area contributed by atoms with Gasteiger partial charge in [0.1, 0.15) is 5.76 Å². The Labute approximate surface area is 141 Å². The molecule has 0 atom stereocenters. The Morgan fingerprint density at radius 1 is 1.21 bits per heavy atom. The molecule has 0 fully saturated rings. The van der Waals surface area contributed by atoms with E-state index in [0.717, 1.165) is 5.56 Å². The van der Waals surface area contributed by atoms with Gasteiger partial charge in [-0.1, -0.05) is 16.8 Å². The van der Waals surface area contributed by atoms with E-state index in [0.29, 0.717) is 16.6 Å². The van der Waals surface area contributed by atoms with Crippen molar-refractivity contribution in [2.75, 3.05) is 6.61 Å². The van der Waals surface area contributed by atoms with Crippen LogP contribution in [0.3, 0.4) is 0 Å². The van der Waals surface area contributed by atoms with E-state index in [1.54, 1.807) is 37.3 Å². The van der Waals surface area contributed by atoms with Crippen molar-refractivity contribution < 1.29 is 23.3 Å². The summed E-state index contributed by atoms with van der Waals surface area (Å²) < 4.78 is 19.9. The number of esters is 1. The van der Waals surface area contributed by atoms with Gasteiger partial charge in [-0.05, 0) is 36.3 Å². The van der Waals surface area contributed by atoms with Crippen molar-refractivity contribution in [1.82, 2.24) is 15.3 Å². The van der Waals surface area contributed by atoms with Gasteiger partial charge in [-0.15, -0.1) is 0 Å². The van der Waals surface area contributed by atoms with Crippen LogP contribution in [0.25, 0.3) is 11.4 Å². The van der Waals surface area contributed by atoms with Gasteiger partial charge in [0.2, 0.25) is 5.82 Å². The van der Waals surface area contributed by atoms with Crippen LogP contribution in [0.5, 0.6) is 5.88 Å². The summed E-state index contributed by atoms with van der Waals surface area (Å²) in [6, 6.07) is 8.52. The predicted octanol–water partition coefficient (Wildman–Crippen LogP) is 2.81. The van der Waals surface area contributed by atoms with Gasteiger partial charge in [0.15, 0.2) is 13.2 Å². The molecule has 0 unspecified atom stereocenters. The normalized spacial score (nSPS) is 10.6. The van der Waals surface area contributed by atoms with E-state index in [1.807, 2.05) is 0 Å². The van der Waals surface area contributed by atoms with Gasteiger partial charge in [-0.2, -0.15) is 4.98 Å². The number of carbonyl (C=O) groups is 1. The standard InChI is InChI=1S/C15H12ClN3O5/c1-9-6-12(18-23-9)21-8-14(20)22-7-13-17-15(19-24-13)10-2-4-11(16)5-3-10/h2-6H,7-8H2,1H3. The zero-order valence-electron chi connectivity index (χ0n) is 12.6. The first-order valence-electron chi connectivity index (χ1n) is 6.90. The Balaban J connectivity index is 1.49. The summed E-state index contributed by atoms with van der Waals surface area (Å²) in [5, 5.41) is 8.02. The third-order valence-electron chi connectivity index (χ3n) is 2.87. The number of nitrogens with zero attached hydrogens (tertiary/aromatic N) is 3. The Kier molecular flexibility index (Phi) is 4.76. The summed E-state index contributed by atoms with van der Waals surface area (Å²) in [6.45, 7) is 1.26. The minimum absolute atomic E-state index is 0.152. The van der Waals surface area contributed by atoms with E-state index < -0.39 is 5.97 Å². The third kappa shape index (κ3) is 4.11. The Bertz CT molecular complexity index is 828. The number of hydrogen-bond acceptors (Lipinski definition) is 8. The number of aromatic nitrogens is 3. The fourth-order valence-electron chi connectivity index (χ4n) is 1.76. The topological polar surface area (TPSA) is 100 Å². The highest BCUT2D eigenvalue weighted by Gasteiger charge is 2.12.